The number of amides is 1. The summed E-state index contributed by atoms with van der Waals surface area (Å²) in [4.78, 5) is 13.8. The molecule has 0 saturated heterocycles. The molecule has 0 aliphatic heterocycles. The topological polar surface area (TPSA) is 78.6 Å². The van der Waals surface area contributed by atoms with E-state index in [2.05, 4.69) is 17.1 Å². The van der Waals surface area contributed by atoms with Crippen LogP contribution in [0.15, 0.2) is 18.2 Å². The molecule has 94 valence electrons. The van der Waals surface area contributed by atoms with E-state index >= 15 is 0 Å². The third-order valence-corrected chi connectivity index (χ3v) is 2.61. The minimum atomic E-state index is -0.204. The molecule has 1 aromatic carbocycles. The van der Waals surface area contributed by atoms with Crippen molar-refractivity contribution in [3.63, 3.8) is 0 Å². The van der Waals surface area contributed by atoms with Crippen LogP contribution in [0.1, 0.15) is 17.3 Å². The summed E-state index contributed by atoms with van der Waals surface area (Å²) in [6, 6.07) is 4.48. The number of hydrogen-bond donors (Lipinski definition) is 3. The summed E-state index contributed by atoms with van der Waals surface area (Å²) >= 11 is 0. The molecular formula is C12H19N3O2. The smallest absolute Gasteiger partial charge is 0.251 e. The highest BCUT2D eigenvalue weighted by atomic mass is 16.3. The highest BCUT2D eigenvalue weighted by Gasteiger charge is 2.07. The van der Waals surface area contributed by atoms with Gasteiger partial charge in [0.25, 0.3) is 5.91 Å². The van der Waals surface area contributed by atoms with Gasteiger partial charge in [-0.1, -0.05) is 6.92 Å². The number of hydrogen-bond acceptors (Lipinski definition) is 4. The zero-order valence-electron chi connectivity index (χ0n) is 10.2. The number of aromatic hydroxyl groups is 1. The van der Waals surface area contributed by atoms with Crippen molar-refractivity contribution >= 4 is 11.6 Å². The lowest BCUT2D eigenvalue weighted by Crippen LogP contribution is -2.32. The van der Waals surface area contributed by atoms with E-state index in [-0.39, 0.29) is 17.3 Å². The van der Waals surface area contributed by atoms with Gasteiger partial charge in [-0.05, 0) is 31.8 Å². The van der Waals surface area contributed by atoms with Crippen LogP contribution < -0.4 is 11.1 Å². The Kier molecular flexibility index (Phi) is 4.78. The van der Waals surface area contributed by atoms with Crippen LogP contribution >= 0.6 is 0 Å². The van der Waals surface area contributed by atoms with Crippen molar-refractivity contribution in [1.29, 1.82) is 0 Å². The van der Waals surface area contributed by atoms with Crippen LogP contribution in [0.25, 0.3) is 0 Å². The predicted octanol–water partition coefficient (Wildman–Crippen LogP) is 0.656. The van der Waals surface area contributed by atoms with Crippen molar-refractivity contribution in [2.45, 2.75) is 6.92 Å². The number of nitrogens with one attached hydrogen (secondary N) is 1. The molecule has 0 atom stereocenters. The second-order valence-corrected chi connectivity index (χ2v) is 3.93. The summed E-state index contributed by atoms with van der Waals surface area (Å²) in [5.74, 6) is -0.270. The lowest BCUT2D eigenvalue weighted by atomic mass is 10.2. The molecule has 0 unspecified atom stereocenters. The minimum Gasteiger partial charge on any atom is -0.506 e. The molecule has 0 aliphatic rings. The first-order valence-electron chi connectivity index (χ1n) is 5.59. The van der Waals surface area contributed by atoms with Crippen molar-refractivity contribution in [2.75, 3.05) is 32.4 Å². The molecular weight excluding hydrogens is 218 g/mol. The highest BCUT2D eigenvalue weighted by Crippen LogP contribution is 2.20. The number of nitrogens with zero attached hydrogens (tertiary/aromatic N) is 1. The van der Waals surface area contributed by atoms with E-state index in [1.54, 1.807) is 6.07 Å². The molecule has 0 saturated carbocycles. The first kappa shape index (κ1) is 13.3. The molecule has 0 radical (unpaired) electrons. The first-order chi connectivity index (χ1) is 8.04. The molecule has 5 heteroatoms. The number of likely N-dealkylation sites (N-methyl/N-ethyl adjacent to an activating group) is 1. The average Bonchev–Trinajstić information content (AvgIpc) is 2.32. The number of benzene rings is 1. The second kappa shape index (κ2) is 6.10. The van der Waals surface area contributed by atoms with Gasteiger partial charge in [0.15, 0.2) is 0 Å². The Balaban J connectivity index is 2.50. The summed E-state index contributed by atoms with van der Waals surface area (Å²) < 4.78 is 0. The standard InChI is InChI=1S/C12H19N3O2/c1-3-15(2)7-6-14-12(17)9-4-5-10(13)11(16)8-9/h4-5,8,16H,3,6-7,13H2,1-2H3,(H,14,17). The van der Waals surface area contributed by atoms with Crippen molar-refractivity contribution < 1.29 is 9.90 Å². The average molecular weight is 237 g/mol. The van der Waals surface area contributed by atoms with Crippen molar-refractivity contribution in [3.05, 3.63) is 23.8 Å². The summed E-state index contributed by atoms with van der Waals surface area (Å²) in [6.45, 7) is 4.37. The molecule has 4 N–H and O–H groups in total. The first-order valence-corrected chi connectivity index (χ1v) is 5.59. The SMILES string of the molecule is CCN(C)CCNC(=O)c1ccc(N)c(O)c1. The van der Waals surface area contributed by atoms with Gasteiger partial charge < -0.3 is 21.1 Å². The van der Waals surface area contributed by atoms with E-state index in [4.69, 9.17) is 5.73 Å². The number of phenols is 1. The molecule has 0 aliphatic carbocycles. The van der Waals surface area contributed by atoms with Crippen molar-refractivity contribution in [3.8, 4) is 5.75 Å². The quantitative estimate of drug-likeness (QED) is 0.519. The maximum absolute atomic E-state index is 11.7. The third kappa shape index (κ3) is 3.96. The third-order valence-electron chi connectivity index (χ3n) is 2.61. The number of carbonyl (C=O) groups is 1. The van der Waals surface area contributed by atoms with Gasteiger partial charge in [0.1, 0.15) is 5.75 Å². The van der Waals surface area contributed by atoms with Crippen LogP contribution in [0, 0.1) is 0 Å². The molecule has 1 rings (SSSR count). The number of phenolic OH excluding ortho intramolecular Hbond substituents is 1. The monoisotopic (exact) mass is 237 g/mol. The van der Waals surface area contributed by atoms with Crippen LogP contribution in [0.4, 0.5) is 5.69 Å². The second-order valence-electron chi connectivity index (χ2n) is 3.93. The fourth-order valence-corrected chi connectivity index (χ4v) is 1.31. The number of rotatable bonds is 5. The van der Waals surface area contributed by atoms with E-state index in [9.17, 15) is 9.90 Å². The molecule has 0 bridgehead atoms. The molecule has 0 heterocycles. The van der Waals surface area contributed by atoms with Crippen LogP contribution in [0.2, 0.25) is 0 Å². The van der Waals surface area contributed by atoms with Crippen molar-refractivity contribution in [2.24, 2.45) is 0 Å². The Hall–Kier alpha value is -1.75. The maximum atomic E-state index is 11.7. The molecule has 1 amide bonds. The summed E-state index contributed by atoms with van der Waals surface area (Å²) in [5.41, 5.74) is 6.14. The fourth-order valence-electron chi connectivity index (χ4n) is 1.31. The van der Waals surface area contributed by atoms with Gasteiger partial charge in [0.05, 0.1) is 5.69 Å². The van der Waals surface area contributed by atoms with Crippen LogP contribution in [-0.4, -0.2) is 42.6 Å². The Labute approximate surface area is 101 Å². The summed E-state index contributed by atoms with van der Waals surface area (Å²) in [7, 11) is 1.99. The zero-order chi connectivity index (χ0) is 12.8. The Morgan fingerprint density at radius 1 is 1.53 bits per heavy atom. The largest absolute Gasteiger partial charge is 0.506 e. The van der Waals surface area contributed by atoms with Gasteiger partial charge in [0.2, 0.25) is 0 Å². The van der Waals surface area contributed by atoms with Crippen LogP contribution in [0.5, 0.6) is 5.75 Å². The van der Waals surface area contributed by atoms with E-state index < -0.39 is 0 Å². The Bertz CT molecular complexity index is 393. The Morgan fingerprint density at radius 3 is 2.82 bits per heavy atom. The van der Waals surface area contributed by atoms with Gasteiger partial charge in [-0.3, -0.25) is 4.79 Å². The van der Waals surface area contributed by atoms with E-state index in [1.807, 2.05) is 7.05 Å². The normalized spacial score (nSPS) is 10.5. The molecule has 0 spiro atoms. The van der Waals surface area contributed by atoms with Crippen molar-refractivity contribution in [1.82, 2.24) is 10.2 Å². The van der Waals surface area contributed by atoms with Gasteiger partial charge in [-0.2, -0.15) is 0 Å². The fraction of sp³-hybridized carbons (Fsp3) is 0.417. The number of nitrogens with two attached hydrogens (primary N) is 1. The number of nitrogen functional groups attached to an aromatic ring is 1. The lowest BCUT2D eigenvalue weighted by Gasteiger charge is -2.14. The molecule has 17 heavy (non-hydrogen) atoms. The minimum absolute atomic E-state index is 0.0664. The highest BCUT2D eigenvalue weighted by molar-refractivity contribution is 5.95. The van der Waals surface area contributed by atoms with Gasteiger partial charge in [-0.15, -0.1) is 0 Å². The van der Waals surface area contributed by atoms with E-state index in [1.165, 1.54) is 12.1 Å². The van der Waals surface area contributed by atoms with Crippen LogP contribution in [0.3, 0.4) is 0 Å². The molecule has 0 fully saturated rings. The summed E-state index contributed by atoms with van der Waals surface area (Å²) in [6.07, 6.45) is 0. The van der Waals surface area contributed by atoms with Gasteiger partial charge in [0, 0.05) is 18.7 Å². The molecule has 0 aromatic heterocycles. The zero-order valence-corrected chi connectivity index (χ0v) is 10.2. The van der Waals surface area contributed by atoms with Gasteiger partial charge in [-0.25, -0.2) is 0 Å². The number of carbonyl (C=O) groups excluding carboxylic acids is 1. The van der Waals surface area contributed by atoms with Crippen LogP contribution in [-0.2, 0) is 0 Å². The lowest BCUT2D eigenvalue weighted by molar-refractivity contribution is 0.0950. The Morgan fingerprint density at radius 2 is 2.24 bits per heavy atom. The maximum Gasteiger partial charge on any atom is 0.251 e. The summed E-state index contributed by atoms with van der Waals surface area (Å²) in [5, 5.41) is 12.2. The predicted molar refractivity (Wildman–Crippen MR) is 68.0 cm³/mol. The van der Waals surface area contributed by atoms with E-state index in [0.717, 1.165) is 13.1 Å². The van der Waals surface area contributed by atoms with Gasteiger partial charge >= 0.3 is 0 Å². The molecule has 5 nitrogen and oxygen atoms in total. The number of anilines is 1. The van der Waals surface area contributed by atoms with E-state index in [0.29, 0.717) is 12.1 Å². The molecule has 1 aromatic rings.